The predicted molar refractivity (Wildman–Crippen MR) is 132 cm³/mol. The molecule has 1 N–H and O–H groups in total. The molecule has 1 aliphatic rings. The number of hydrogen-bond donors (Lipinski definition) is 1. The van der Waals surface area contributed by atoms with Crippen molar-refractivity contribution in [3.05, 3.63) is 78.0 Å². The van der Waals surface area contributed by atoms with Gasteiger partial charge in [-0.1, -0.05) is 6.07 Å². The number of rotatable bonds is 7. The second-order valence-corrected chi connectivity index (χ2v) is 9.54. The number of nitriles is 1. The molecule has 180 valence electrons. The summed E-state index contributed by atoms with van der Waals surface area (Å²) in [5.41, 5.74) is 1.18. The van der Waals surface area contributed by atoms with E-state index < -0.39 is 10.0 Å². The standard InChI is InChI=1S/C25H25N5O4S/c1-2-34-22-10-8-21(9-11-22)28-35(32,33)23-7-3-5-19(17-23)25(31)30-15-13-29(14-16-30)24-20(18-26)6-4-12-27-24/h3-12,17,28H,2,13-16H2,1H3. The molecule has 0 unspecified atom stereocenters. The predicted octanol–water partition coefficient (Wildman–Crippen LogP) is 3.12. The number of pyridine rings is 1. The lowest BCUT2D eigenvalue weighted by Crippen LogP contribution is -2.49. The number of nitrogens with one attached hydrogen (secondary N) is 1. The lowest BCUT2D eigenvalue weighted by Gasteiger charge is -2.35. The summed E-state index contributed by atoms with van der Waals surface area (Å²) in [6, 6.07) is 18.2. The lowest BCUT2D eigenvalue weighted by molar-refractivity contribution is 0.0746. The second-order valence-electron chi connectivity index (χ2n) is 7.86. The van der Waals surface area contributed by atoms with E-state index in [0.29, 0.717) is 61.2 Å². The van der Waals surface area contributed by atoms with Crippen molar-refractivity contribution < 1.29 is 17.9 Å². The van der Waals surface area contributed by atoms with E-state index in [0.717, 1.165) is 0 Å². The largest absolute Gasteiger partial charge is 0.494 e. The van der Waals surface area contributed by atoms with Gasteiger partial charge in [-0.3, -0.25) is 9.52 Å². The van der Waals surface area contributed by atoms with E-state index in [-0.39, 0.29) is 10.8 Å². The van der Waals surface area contributed by atoms with Crippen molar-refractivity contribution in [3.63, 3.8) is 0 Å². The van der Waals surface area contributed by atoms with Gasteiger partial charge in [0.1, 0.15) is 17.6 Å². The Kier molecular flexibility index (Phi) is 7.17. The van der Waals surface area contributed by atoms with Crippen LogP contribution in [-0.2, 0) is 10.0 Å². The molecule has 2 heterocycles. The summed E-state index contributed by atoms with van der Waals surface area (Å²) in [5, 5.41) is 9.32. The van der Waals surface area contributed by atoms with E-state index in [1.54, 1.807) is 59.6 Å². The average Bonchev–Trinajstić information content (AvgIpc) is 2.89. The summed E-state index contributed by atoms with van der Waals surface area (Å²) >= 11 is 0. The minimum absolute atomic E-state index is 0.00279. The van der Waals surface area contributed by atoms with Gasteiger partial charge in [0.05, 0.1) is 17.1 Å². The van der Waals surface area contributed by atoms with E-state index in [4.69, 9.17) is 4.74 Å². The first-order chi connectivity index (χ1) is 16.9. The van der Waals surface area contributed by atoms with Gasteiger partial charge in [0.15, 0.2) is 0 Å². The molecular formula is C25H25N5O4S. The van der Waals surface area contributed by atoms with Gasteiger partial charge < -0.3 is 14.5 Å². The molecule has 1 amide bonds. The number of carbonyl (C=O) groups is 1. The Morgan fingerprint density at radius 1 is 1.09 bits per heavy atom. The molecule has 0 atom stereocenters. The number of amides is 1. The zero-order chi connectivity index (χ0) is 24.8. The number of aromatic nitrogens is 1. The molecule has 35 heavy (non-hydrogen) atoms. The van der Waals surface area contributed by atoms with Crippen molar-refractivity contribution in [3.8, 4) is 11.8 Å². The number of benzene rings is 2. The van der Waals surface area contributed by atoms with Crippen LogP contribution in [0, 0.1) is 11.3 Å². The SMILES string of the molecule is CCOc1ccc(NS(=O)(=O)c2cccc(C(=O)N3CCN(c4ncccc4C#N)CC3)c2)cc1. The molecule has 1 saturated heterocycles. The number of hydrogen-bond acceptors (Lipinski definition) is 7. The fourth-order valence-corrected chi connectivity index (χ4v) is 4.94. The van der Waals surface area contributed by atoms with Gasteiger partial charge in [0.2, 0.25) is 0 Å². The molecule has 1 aliphatic heterocycles. The molecular weight excluding hydrogens is 466 g/mol. The zero-order valence-corrected chi connectivity index (χ0v) is 20.0. The van der Waals surface area contributed by atoms with E-state index in [9.17, 15) is 18.5 Å². The van der Waals surface area contributed by atoms with E-state index in [1.807, 2.05) is 11.8 Å². The van der Waals surface area contributed by atoms with Crippen LogP contribution >= 0.6 is 0 Å². The van der Waals surface area contributed by atoms with Gasteiger partial charge in [-0.2, -0.15) is 5.26 Å². The number of anilines is 2. The third-order valence-corrected chi connectivity index (χ3v) is 6.96. The molecule has 4 rings (SSSR count). The Morgan fingerprint density at radius 2 is 1.83 bits per heavy atom. The number of nitrogens with zero attached hydrogens (tertiary/aromatic N) is 4. The fourth-order valence-electron chi connectivity index (χ4n) is 3.84. The minimum Gasteiger partial charge on any atom is -0.494 e. The van der Waals surface area contributed by atoms with Gasteiger partial charge in [0.25, 0.3) is 15.9 Å². The molecule has 10 heteroatoms. The Morgan fingerprint density at radius 3 is 2.51 bits per heavy atom. The maximum atomic E-state index is 13.1. The van der Waals surface area contributed by atoms with Gasteiger partial charge in [0, 0.05) is 43.6 Å². The molecule has 0 aliphatic carbocycles. The minimum atomic E-state index is -3.89. The molecule has 0 bridgehead atoms. The summed E-state index contributed by atoms with van der Waals surface area (Å²) in [4.78, 5) is 21.1. The maximum Gasteiger partial charge on any atom is 0.261 e. The van der Waals surface area contributed by atoms with Crippen LogP contribution in [0.15, 0.2) is 71.8 Å². The van der Waals surface area contributed by atoms with Crippen LogP contribution in [0.1, 0.15) is 22.8 Å². The van der Waals surface area contributed by atoms with Gasteiger partial charge in [-0.05, 0) is 61.5 Å². The smallest absolute Gasteiger partial charge is 0.261 e. The van der Waals surface area contributed by atoms with Crippen molar-refractivity contribution >= 4 is 27.4 Å². The number of piperazine rings is 1. The molecule has 3 aromatic rings. The Bertz CT molecular complexity index is 1340. The highest BCUT2D eigenvalue weighted by Crippen LogP contribution is 2.22. The van der Waals surface area contributed by atoms with Crippen LogP contribution < -0.4 is 14.4 Å². The molecule has 2 aromatic carbocycles. The molecule has 1 aromatic heterocycles. The Hall–Kier alpha value is -4.10. The van der Waals surface area contributed by atoms with E-state index in [1.165, 1.54) is 12.1 Å². The average molecular weight is 492 g/mol. The Balaban J connectivity index is 1.44. The van der Waals surface area contributed by atoms with Crippen LogP contribution in [0.25, 0.3) is 0 Å². The van der Waals surface area contributed by atoms with Crippen molar-refractivity contribution in [2.45, 2.75) is 11.8 Å². The highest BCUT2D eigenvalue weighted by molar-refractivity contribution is 7.92. The number of ether oxygens (including phenoxy) is 1. The quantitative estimate of drug-likeness (QED) is 0.540. The van der Waals surface area contributed by atoms with Gasteiger partial charge in [-0.25, -0.2) is 13.4 Å². The molecule has 0 saturated carbocycles. The first kappa shape index (κ1) is 24.0. The topological polar surface area (TPSA) is 116 Å². The fraction of sp³-hybridized carbons (Fsp3) is 0.240. The Labute approximate surface area is 204 Å². The maximum absolute atomic E-state index is 13.1. The van der Waals surface area contributed by atoms with Crippen LogP contribution in [-0.4, -0.2) is 57.0 Å². The van der Waals surface area contributed by atoms with Crippen molar-refractivity contribution in [2.75, 3.05) is 42.4 Å². The summed E-state index contributed by atoms with van der Waals surface area (Å²) in [5.74, 6) is 1.01. The highest BCUT2D eigenvalue weighted by Gasteiger charge is 2.25. The van der Waals surface area contributed by atoms with Crippen molar-refractivity contribution in [1.82, 2.24) is 9.88 Å². The first-order valence-corrected chi connectivity index (χ1v) is 12.6. The first-order valence-electron chi connectivity index (χ1n) is 11.2. The van der Waals surface area contributed by atoms with Gasteiger partial charge in [-0.15, -0.1) is 0 Å². The zero-order valence-electron chi connectivity index (χ0n) is 19.2. The molecule has 1 fully saturated rings. The van der Waals surface area contributed by atoms with Gasteiger partial charge >= 0.3 is 0 Å². The van der Waals surface area contributed by atoms with E-state index >= 15 is 0 Å². The van der Waals surface area contributed by atoms with Crippen molar-refractivity contribution in [2.24, 2.45) is 0 Å². The normalized spacial score (nSPS) is 13.7. The third-order valence-electron chi connectivity index (χ3n) is 5.58. The highest BCUT2D eigenvalue weighted by atomic mass is 32.2. The van der Waals surface area contributed by atoms with Crippen LogP contribution in [0.2, 0.25) is 0 Å². The second kappa shape index (κ2) is 10.4. The van der Waals surface area contributed by atoms with Crippen molar-refractivity contribution in [1.29, 1.82) is 5.26 Å². The van der Waals surface area contributed by atoms with Crippen LogP contribution in [0.4, 0.5) is 11.5 Å². The van der Waals surface area contributed by atoms with E-state index in [2.05, 4.69) is 15.8 Å². The van der Waals surface area contributed by atoms with Crippen LogP contribution in [0.5, 0.6) is 5.75 Å². The summed E-state index contributed by atoms with van der Waals surface area (Å²) < 4.78 is 33.7. The molecule has 0 radical (unpaired) electrons. The lowest BCUT2D eigenvalue weighted by atomic mass is 10.1. The summed E-state index contributed by atoms with van der Waals surface area (Å²) in [7, 11) is -3.89. The van der Waals surface area contributed by atoms with Crippen LogP contribution in [0.3, 0.4) is 0 Å². The monoisotopic (exact) mass is 491 g/mol. The molecule has 0 spiro atoms. The number of carbonyl (C=O) groups excluding carboxylic acids is 1. The number of sulfonamides is 1. The summed E-state index contributed by atoms with van der Waals surface area (Å²) in [6.07, 6.45) is 1.64. The molecule has 9 nitrogen and oxygen atoms in total. The summed E-state index contributed by atoms with van der Waals surface area (Å²) in [6.45, 7) is 4.30. The third kappa shape index (κ3) is 5.53.